The Morgan fingerprint density at radius 1 is 1.47 bits per heavy atom. The maximum atomic E-state index is 13.2. The van der Waals surface area contributed by atoms with E-state index < -0.39 is 15.7 Å². The Hall–Kier alpha value is -1.14. The van der Waals surface area contributed by atoms with E-state index in [2.05, 4.69) is 0 Å². The first kappa shape index (κ1) is 12.3. The summed E-state index contributed by atoms with van der Waals surface area (Å²) in [6, 6.07) is 3.54. The smallest absolute Gasteiger partial charge is 0.181 e. The number of rotatable bonds is 3. The molecule has 6 heteroatoms. The molecule has 1 aliphatic heterocycles. The molecule has 94 valence electrons. The molecule has 1 unspecified atom stereocenters. The summed E-state index contributed by atoms with van der Waals surface area (Å²) in [5, 5.41) is 0. The number of hydrogen-bond acceptors (Lipinski definition) is 4. The van der Waals surface area contributed by atoms with Crippen LogP contribution >= 0.6 is 0 Å². The molecule has 0 radical (unpaired) electrons. The lowest BCUT2D eigenvalue weighted by molar-refractivity contribution is 0.127. The molecule has 17 heavy (non-hydrogen) atoms. The SMILES string of the molecule is Nc1ccc(S(=O)(=O)CC2CCCO2)cc1F. The molecule has 0 aromatic heterocycles. The first-order valence-corrected chi connectivity index (χ1v) is 7.03. The first-order chi connectivity index (χ1) is 7.99. The van der Waals surface area contributed by atoms with E-state index in [-0.39, 0.29) is 22.4 Å². The molecule has 1 atom stereocenters. The predicted octanol–water partition coefficient (Wildman–Crippen LogP) is 1.36. The van der Waals surface area contributed by atoms with Crippen molar-refractivity contribution in [2.45, 2.75) is 23.8 Å². The Kier molecular flexibility index (Phi) is 3.35. The highest BCUT2D eigenvalue weighted by molar-refractivity contribution is 7.91. The molecule has 0 spiro atoms. The van der Waals surface area contributed by atoms with E-state index in [1.54, 1.807) is 0 Å². The highest BCUT2D eigenvalue weighted by atomic mass is 32.2. The largest absolute Gasteiger partial charge is 0.396 e. The van der Waals surface area contributed by atoms with Crippen LogP contribution in [0.5, 0.6) is 0 Å². The van der Waals surface area contributed by atoms with Gasteiger partial charge in [0.25, 0.3) is 0 Å². The van der Waals surface area contributed by atoms with Gasteiger partial charge in [-0.05, 0) is 31.0 Å². The third-order valence-corrected chi connectivity index (χ3v) is 4.54. The van der Waals surface area contributed by atoms with E-state index in [1.165, 1.54) is 12.1 Å². The molecule has 0 bridgehead atoms. The van der Waals surface area contributed by atoms with Crippen molar-refractivity contribution in [2.75, 3.05) is 18.1 Å². The zero-order chi connectivity index (χ0) is 12.5. The third kappa shape index (κ3) is 2.76. The highest BCUT2D eigenvalue weighted by Gasteiger charge is 2.25. The molecule has 1 aromatic rings. The number of nitrogens with two attached hydrogens (primary N) is 1. The predicted molar refractivity (Wildman–Crippen MR) is 61.8 cm³/mol. The minimum Gasteiger partial charge on any atom is -0.396 e. The molecule has 0 saturated carbocycles. The Labute approximate surface area is 99.5 Å². The van der Waals surface area contributed by atoms with Crippen LogP contribution in [-0.4, -0.2) is 26.9 Å². The van der Waals surface area contributed by atoms with Gasteiger partial charge in [0.2, 0.25) is 0 Å². The quantitative estimate of drug-likeness (QED) is 0.832. The Balaban J connectivity index is 2.21. The lowest BCUT2D eigenvalue weighted by atomic mass is 10.3. The number of ether oxygens (including phenoxy) is 1. The van der Waals surface area contributed by atoms with Crippen molar-refractivity contribution in [3.63, 3.8) is 0 Å². The third-order valence-electron chi connectivity index (χ3n) is 2.76. The van der Waals surface area contributed by atoms with Gasteiger partial charge in [0.05, 0.1) is 22.4 Å². The molecule has 0 amide bonds. The van der Waals surface area contributed by atoms with Crippen LogP contribution in [0.25, 0.3) is 0 Å². The van der Waals surface area contributed by atoms with Gasteiger partial charge < -0.3 is 10.5 Å². The minimum atomic E-state index is -3.50. The molecule has 1 aromatic carbocycles. The average molecular weight is 259 g/mol. The number of hydrogen-bond donors (Lipinski definition) is 1. The van der Waals surface area contributed by atoms with Gasteiger partial charge in [-0.3, -0.25) is 0 Å². The van der Waals surface area contributed by atoms with E-state index in [9.17, 15) is 12.8 Å². The van der Waals surface area contributed by atoms with E-state index in [1.807, 2.05) is 0 Å². The minimum absolute atomic E-state index is 0.0419. The van der Waals surface area contributed by atoms with Crippen LogP contribution in [0.3, 0.4) is 0 Å². The molecule has 1 aliphatic rings. The number of nitrogen functional groups attached to an aromatic ring is 1. The molecule has 2 rings (SSSR count). The molecular formula is C11H14FNO3S. The van der Waals surface area contributed by atoms with Crippen LogP contribution in [0, 0.1) is 5.82 Å². The van der Waals surface area contributed by atoms with Gasteiger partial charge in [-0.2, -0.15) is 0 Å². The highest BCUT2D eigenvalue weighted by Crippen LogP contribution is 2.21. The number of benzene rings is 1. The molecule has 0 aliphatic carbocycles. The van der Waals surface area contributed by atoms with Crippen molar-refractivity contribution in [1.82, 2.24) is 0 Å². The van der Waals surface area contributed by atoms with Crippen LogP contribution in [0.15, 0.2) is 23.1 Å². The Morgan fingerprint density at radius 2 is 2.24 bits per heavy atom. The number of anilines is 1. The van der Waals surface area contributed by atoms with Gasteiger partial charge in [0.15, 0.2) is 9.84 Å². The molecule has 4 nitrogen and oxygen atoms in total. The fourth-order valence-electron chi connectivity index (χ4n) is 1.82. The summed E-state index contributed by atoms with van der Waals surface area (Å²) in [6.07, 6.45) is 1.33. The fourth-order valence-corrected chi connectivity index (χ4v) is 3.32. The van der Waals surface area contributed by atoms with Gasteiger partial charge >= 0.3 is 0 Å². The number of halogens is 1. The maximum absolute atomic E-state index is 13.2. The van der Waals surface area contributed by atoms with Crippen molar-refractivity contribution >= 4 is 15.5 Å². The van der Waals surface area contributed by atoms with Crippen LogP contribution in [0.1, 0.15) is 12.8 Å². The summed E-state index contributed by atoms with van der Waals surface area (Å²) in [5.41, 5.74) is 5.25. The van der Waals surface area contributed by atoms with Gasteiger partial charge in [0, 0.05) is 6.61 Å². The van der Waals surface area contributed by atoms with Crippen molar-refractivity contribution < 1.29 is 17.5 Å². The van der Waals surface area contributed by atoms with Crippen molar-refractivity contribution in [2.24, 2.45) is 0 Å². The second-order valence-corrected chi connectivity index (χ2v) is 6.13. The average Bonchev–Trinajstić information content (AvgIpc) is 2.73. The van der Waals surface area contributed by atoms with Crippen molar-refractivity contribution in [3.05, 3.63) is 24.0 Å². The van der Waals surface area contributed by atoms with E-state index in [0.717, 1.165) is 18.9 Å². The summed E-state index contributed by atoms with van der Waals surface area (Å²) < 4.78 is 42.4. The van der Waals surface area contributed by atoms with E-state index in [4.69, 9.17) is 10.5 Å². The topological polar surface area (TPSA) is 69.4 Å². The molecule has 2 N–H and O–H groups in total. The second-order valence-electron chi connectivity index (χ2n) is 4.10. The number of sulfone groups is 1. The second kappa shape index (κ2) is 4.62. The molecule has 1 heterocycles. The standard InChI is InChI=1S/C11H14FNO3S/c12-10-6-9(3-4-11(10)13)17(14,15)7-8-2-1-5-16-8/h3-4,6,8H,1-2,5,7,13H2. The summed E-state index contributed by atoms with van der Waals surface area (Å²) in [5.74, 6) is -0.811. The van der Waals surface area contributed by atoms with Crippen LogP contribution < -0.4 is 5.73 Å². The zero-order valence-electron chi connectivity index (χ0n) is 9.23. The summed E-state index contributed by atoms with van der Waals surface area (Å²) in [7, 11) is -3.50. The van der Waals surface area contributed by atoms with Gasteiger partial charge in [-0.1, -0.05) is 0 Å². The van der Waals surface area contributed by atoms with E-state index >= 15 is 0 Å². The first-order valence-electron chi connectivity index (χ1n) is 5.38. The molecule has 1 fully saturated rings. The lowest BCUT2D eigenvalue weighted by Crippen LogP contribution is -2.20. The summed E-state index contributed by atoms with van der Waals surface area (Å²) in [4.78, 5) is -0.0419. The van der Waals surface area contributed by atoms with Crippen LogP contribution in [-0.2, 0) is 14.6 Å². The molecule has 1 saturated heterocycles. The maximum Gasteiger partial charge on any atom is 0.181 e. The van der Waals surface area contributed by atoms with Crippen molar-refractivity contribution in [3.8, 4) is 0 Å². The van der Waals surface area contributed by atoms with Gasteiger partial charge in [-0.25, -0.2) is 12.8 Å². The lowest BCUT2D eigenvalue weighted by Gasteiger charge is -2.10. The summed E-state index contributed by atoms with van der Waals surface area (Å²) in [6.45, 7) is 0.594. The molecular weight excluding hydrogens is 245 g/mol. The fraction of sp³-hybridized carbons (Fsp3) is 0.455. The monoisotopic (exact) mass is 259 g/mol. The van der Waals surface area contributed by atoms with Gasteiger partial charge in [-0.15, -0.1) is 0 Å². The van der Waals surface area contributed by atoms with Crippen LogP contribution in [0.2, 0.25) is 0 Å². The Morgan fingerprint density at radius 3 is 2.82 bits per heavy atom. The van der Waals surface area contributed by atoms with Crippen molar-refractivity contribution in [1.29, 1.82) is 0 Å². The van der Waals surface area contributed by atoms with Crippen LogP contribution in [0.4, 0.5) is 10.1 Å². The normalized spacial score (nSPS) is 20.6. The Bertz CT molecular complexity index is 509. The van der Waals surface area contributed by atoms with Gasteiger partial charge in [0.1, 0.15) is 5.82 Å². The summed E-state index contributed by atoms with van der Waals surface area (Å²) >= 11 is 0. The van der Waals surface area contributed by atoms with E-state index in [0.29, 0.717) is 6.61 Å². The zero-order valence-corrected chi connectivity index (χ0v) is 10.0.